The zero-order valence-corrected chi connectivity index (χ0v) is 22.1. The molecule has 2 aromatic carbocycles. The number of anilines is 2. The molecular weight excluding hydrogens is 468 g/mol. The molecule has 2 aliphatic heterocycles. The molecule has 0 unspecified atom stereocenters. The highest BCUT2D eigenvalue weighted by Gasteiger charge is 2.31. The van der Waals surface area contributed by atoms with Gasteiger partial charge in [-0.25, -0.2) is 0 Å². The maximum atomic E-state index is 4.81. The van der Waals surface area contributed by atoms with Crippen LogP contribution in [0.25, 0.3) is 0 Å². The van der Waals surface area contributed by atoms with Gasteiger partial charge in [-0.1, -0.05) is 0 Å². The van der Waals surface area contributed by atoms with Crippen molar-refractivity contribution in [3.05, 3.63) is 90.3 Å². The maximum Gasteiger partial charge on any atom is 0.0910 e. The van der Waals surface area contributed by atoms with Crippen LogP contribution in [-0.2, 0) is 13.1 Å². The summed E-state index contributed by atoms with van der Waals surface area (Å²) in [6.45, 7) is 11.4. The molecule has 4 aromatic rings. The summed E-state index contributed by atoms with van der Waals surface area (Å²) >= 11 is 3.55. The quantitative estimate of drug-likeness (QED) is 0.269. The molecule has 0 N–H and O–H groups in total. The molecule has 2 aliphatic rings. The van der Waals surface area contributed by atoms with Crippen LogP contribution >= 0.6 is 22.7 Å². The Kier molecular flexibility index (Phi) is 5.58. The largest absolute Gasteiger partial charge is 0.349 e. The van der Waals surface area contributed by atoms with Crippen LogP contribution in [0.15, 0.2) is 58.5 Å². The van der Waals surface area contributed by atoms with Crippen LogP contribution in [0.1, 0.15) is 41.8 Å². The van der Waals surface area contributed by atoms with Gasteiger partial charge in [0.1, 0.15) is 0 Å². The number of aliphatic imine (C=N–C) groups is 2. The Hall–Kier alpha value is -3.22. The number of rotatable bonds is 4. The van der Waals surface area contributed by atoms with Crippen LogP contribution in [0.5, 0.6) is 0 Å². The molecule has 2 bridgehead atoms. The van der Waals surface area contributed by atoms with Gasteiger partial charge in [0.05, 0.1) is 18.0 Å². The third-order valence-electron chi connectivity index (χ3n) is 6.63. The minimum Gasteiger partial charge on any atom is -0.349 e. The van der Waals surface area contributed by atoms with Crippen molar-refractivity contribution in [3.8, 4) is 0 Å². The number of thiophene rings is 2. The van der Waals surface area contributed by atoms with Crippen molar-refractivity contribution in [2.24, 2.45) is 9.98 Å². The first-order valence-corrected chi connectivity index (χ1v) is 13.5. The van der Waals surface area contributed by atoms with Crippen LogP contribution in [0, 0.1) is 27.7 Å². The zero-order chi connectivity index (χ0) is 24.1. The molecule has 4 heterocycles. The fourth-order valence-electron chi connectivity index (χ4n) is 5.30. The highest BCUT2D eigenvalue weighted by molar-refractivity contribution is 7.13. The van der Waals surface area contributed by atoms with Crippen molar-refractivity contribution in [1.82, 2.24) is 0 Å². The Morgan fingerprint density at radius 2 is 1.11 bits per heavy atom. The first kappa shape index (κ1) is 22.3. The van der Waals surface area contributed by atoms with Gasteiger partial charge < -0.3 is 9.80 Å². The summed E-state index contributed by atoms with van der Waals surface area (Å²) in [7, 11) is 0. The van der Waals surface area contributed by atoms with Crippen molar-refractivity contribution >= 4 is 57.9 Å². The average Bonchev–Trinajstić information content (AvgIpc) is 3.43. The summed E-state index contributed by atoms with van der Waals surface area (Å²) < 4.78 is 0. The lowest BCUT2D eigenvalue weighted by molar-refractivity contribution is 0.647. The summed E-state index contributed by atoms with van der Waals surface area (Å²) in [5.41, 5.74) is 10.1. The average molecular weight is 497 g/mol. The second-order valence-electron chi connectivity index (χ2n) is 9.49. The van der Waals surface area contributed by atoms with Crippen LogP contribution in [0.3, 0.4) is 0 Å². The van der Waals surface area contributed by atoms with Gasteiger partial charge in [0.25, 0.3) is 0 Å². The predicted octanol–water partition coefficient (Wildman–Crippen LogP) is 7.84. The smallest absolute Gasteiger partial charge is 0.0910 e. The fraction of sp³-hybridized carbons (Fsp3) is 0.241. The third kappa shape index (κ3) is 4.32. The Morgan fingerprint density at radius 3 is 1.51 bits per heavy atom. The van der Waals surface area contributed by atoms with E-state index in [0.29, 0.717) is 0 Å². The lowest BCUT2D eigenvalue weighted by Gasteiger charge is -2.46. The second kappa shape index (κ2) is 8.77. The summed E-state index contributed by atoms with van der Waals surface area (Å²) in [5, 5.41) is 0. The molecule has 176 valence electrons. The molecule has 6 rings (SSSR count). The van der Waals surface area contributed by atoms with Gasteiger partial charge in [0.2, 0.25) is 0 Å². The minimum atomic E-state index is 0.902. The number of benzene rings is 2. The molecule has 4 nitrogen and oxygen atoms in total. The molecule has 0 radical (unpaired) electrons. The van der Waals surface area contributed by atoms with Gasteiger partial charge in [-0.3, -0.25) is 9.98 Å². The lowest BCUT2D eigenvalue weighted by Crippen LogP contribution is -2.46. The SMILES string of the molecule is Cc1ccc(C=Nc2cc(C)c3c(c2)CN2CN3Cc3cc(N=Cc4ccc(C)s4)cc(C)c32)s1. The van der Waals surface area contributed by atoms with E-state index in [1.54, 1.807) is 22.7 Å². The van der Waals surface area contributed by atoms with E-state index in [1.165, 1.54) is 53.1 Å². The van der Waals surface area contributed by atoms with Gasteiger partial charge in [-0.2, -0.15) is 0 Å². The molecule has 0 atom stereocenters. The van der Waals surface area contributed by atoms with Gasteiger partial charge in [-0.15, -0.1) is 22.7 Å². The summed E-state index contributed by atoms with van der Waals surface area (Å²) in [6, 6.07) is 17.5. The maximum absolute atomic E-state index is 4.81. The highest BCUT2D eigenvalue weighted by atomic mass is 32.1. The van der Waals surface area contributed by atoms with Crippen molar-refractivity contribution in [3.63, 3.8) is 0 Å². The zero-order valence-electron chi connectivity index (χ0n) is 20.5. The second-order valence-corrected chi connectivity index (χ2v) is 12.1. The topological polar surface area (TPSA) is 31.2 Å². The van der Waals surface area contributed by atoms with E-state index in [9.17, 15) is 0 Å². The van der Waals surface area contributed by atoms with E-state index in [0.717, 1.165) is 31.1 Å². The van der Waals surface area contributed by atoms with Crippen molar-refractivity contribution in [2.45, 2.75) is 40.8 Å². The summed E-state index contributed by atoms with van der Waals surface area (Å²) in [4.78, 5) is 19.6. The van der Waals surface area contributed by atoms with Crippen LogP contribution in [-0.4, -0.2) is 19.1 Å². The van der Waals surface area contributed by atoms with Crippen molar-refractivity contribution in [2.75, 3.05) is 16.5 Å². The van der Waals surface area contributed by atoms with Crippen LogP contribution < -0.4 is 9.80 Å². The summed E-state index contributed by atoms with van der Waals surface area (Å²) in [6.07, 6.45) is 3.98. The Morgan fingerprint density at radius 1 is 0.657 bits per heavy atom. The summed E-state index contributed by atoms with van der Waals surface area (Å²) in [5.74, 6) is 0. The molecule has 0 fully saturated rings. The lowest BCUT2D eigenvalue weighted by atomic mass is 9.96. The molecule has 0 amide bonds. The van der Waals surface area contributed by atoms with Crippen LogP contribution in [0.4, 0.5) is 22.7 Å². The van der Waals surface area contributed by atoms with Crippen molar-refractivity contribution in [1.29, 1.82) is 0 Å². The number of hydrogen-bond acceptors (Lipinski definition) is 6. The van der Waals surface area contributed by atoms with Gasteiger partial charge in [0, 0.05) is 56.4 Å². The van der Waals surface area contributed by atoms with Crippen LogP contribution in [0.2, 0.25) is 0 Å². The number of aryl methyl sites for hydroxylation is 4. The normalized spacial score (nSPS) is 14.7. The molecule has 0 aliphatic carbocycles. The standard InChI is InChI=1S/C29H28N4S2/c1-18-9-24(30-13-26-7-5-20(3)34-26)11-22-15-33-17-32(28(18)22)16-23-12-25(10-19(2)29(23)33)31-14-27-8-6-21(4)35-27/h5-14H,15-17H2,1-4H3. The van der Waals surface area contributed by atoms with Crippen molar-refractivity contribution < 1.29 is 0 Å². The van der Waals surface area contributed by atoms with E-state index in [1.807, 2.05) is 12.4 Å². The molecule has 0 saturated carbocycles. The molecule has 2 aromatic heterocycles. The first-order valence-electron chi connectivity index (χ1n) is 11.9. The molecular formula is C29H28N4S2. The third-order valence-corrected chi connectivity index (χ3v) is 8.50. The molecule has 0 spiro atoms. The van der Waals surface area contributed by atoms with E-state index >= 15 is 0 Å². The van der Waals surface area contributed by atoms with E-state index < -0.39 is 0 Å². The van der Waals surface area contributed by atoms with E-state index in [4.69, 9.17) is 9.98 Å². The Labute approximate surface area is 214 Å². The van der Waals surface area contributed by atoms with Gasteiger partial charge >= 0.3 is 0 Å². The first-order chi connectivity index (χ1) is 16.9. The highest BCUT2D eigenvalue weighted by Crippen LogP contribution is 2.43. The monoisotopic (exact) mass is 496 g/mol. The van der Waals surface area contributed by atoms with Gasteiger partial charge in [0.15, 0.2) is 0 Å². The molecule has 0 saturated heterocycles. The molecule has 6 heteroatoms. The Bertz CT molecular complexity index is 1380. The number of hydrogen-bond donors (Lipinski definition) is 0. The fourth-order valence-corrected chi connectivity index (χ4v) is 6.80. The predicted molar refractivity (Wildman–Crippen MR) is 152 cm³/mol. The number of fused-ring (bicyclic) bond motifs is 6. The van der Waals surface area contributed by atoms with Gasteiger partial charge in [-0.05, 0) is 98.5 Å². The van der Waals surface area contributed by atoms with E-state index in [-0.39, 0.29) is 0 Å². The Balaban J connectivity index is 1.30. The minimum absolute atomic E-state index is 0.902. The van der Waals surface area contributed by atoms with E-state index in [2.05, 4.69) is 86.0 Å². The number of nitrogens with zero attached hydrogens (tertiary/aromatic N) is 4. The molecule has 35 heavy (non-hydrogen) atoms.